The lowest BCUT2D eigenvalue weighted by molar-refractivity contribution is 0.0900. The lowest BCUT2D eigenvalue weighted by Gasteiger charge is -2.39. The minimum absolute atomic E-state index is 0.0596. The summed E-state index contributed by atoms with van der Waals surface area (Å²) in [7, 11) is 0. The maximum atomic E-state index is 13.9. The van der Waals surface area contributed by atoms with Crippen molar-refractivity contribution in [2.75, 3.05) is 26.3 Å². The summed E-state index contributed by atoms with van der Waals surface area (Å²) in [5.74, 6) is 0.805. The number of hydrogen-bond donors (Lipinski definition) is 1. The maximum absolute atomic E-state index is 13.9. The molecule has 0 bridgehead atoms. The third-order valence-corrected chi connectivity index (χ3v) is 6.74. The van der Waals surface area contributed by atoms with Crippen LogP contribution in [-0.4, -0.2) is 41.3 Å². The van der Waals surface area contributed by atoms with Crippen molar-refractivity contribution in [2.45, 2.75) is 44.6 Å². The summed E-state index contributed by atoms with van der Waals surface area (Å²) < 4.78 is 13.9. The number of fused-ring (bicyclic) bond motifs is 1. The third kappa shape index (κ3) is 4.13. The Hall–Kier alpha value is -1.78. The van der Waals surface area contributed by atoms with Gasteiger partial charge in [-0.1, -0.05) is 30.3 Å². The highest BCUT2D eigenvalue weighted by Crippen LogP contribution is 2.37. The van der Waals surface area contributed by atoms with Crippen LogP contribution in [0.25, 0.3) is 0 Å². The van der Waals surface area contributed by atoms with Crippen LogP contribution in [0, 0.1) is 18.8 Å². The van der Waals surface area contributed by atoms with Gasteiger partial charge in [-0.05, 0) is 73.7 Å². The van der Waals surface area contributed by atoms with Gasteiger partial charge in [0.1, 0.15) is 0 Å². The fraction of sp³-hybridized carbons (Fsp3) is 0.542. The van der Waals surface area contributed by atoms with E-state index in [0.29, 0.717) is 11.8 Å². The van der Waals surface area contributed by atoms with Gasteiger partial charge in [0.15, 0.2) is 0 Å². The van der Waals surface area contributed by atoms with E-state index in [1.807, 2.05) is 6.07 Å². The van der Waals surface area contributed by atoms with Gasteiger partial charge in [0.2, 0.25) is 0 Å². The first-order valence-corrected chi connectivity index (χ1v) is 10.6. The molecule has 0 radical (unpaired) electrons. The largest absolute Gasteiger partial charge is 0.387 e. The van der Waals surface area contributed by atoms with Crippen molar-refractivity contribution in [3.8, 4) is 0 Å². The Morgan fingerprint density at radius 3 is 2.86 bits per heavy atom. The molecular formula is C24H31FN2O. The van der Waals surface area contributed by atoms with E-state index in [1.54, 1.807) is 6.20 Å². The number of benzene rings is 1. The van der Waals surface area contributed by atoms with Crippen LogP contribution in [0.1, 0.15) is 53.7 Å². The molecule has 1 saturated heterocycles. The number of halogens is 1. The average Bonchev–Trinajstić information content (AvgIpc) is 2.87. The van der Waals surface area contributed by atoms with Crippen LogP contribution in [0.5, 0.6) is 0 Å². The van der Waals surface area contributed by atoms with Gasteiger partial charge in [-0.2, -0.15) is 0 Å². The molecule has 1 fully saturated rings. The quantitative estimate of drug-likeness (QED) is 0.794. The number of piperidine rings is 1. The van der Waals surface area contributed by atoms with Crippen LogP contribution in [0.3, 0.4) is 0 Å². The highest BCUT2D eigenvalue weighted by atomic mass is 19.1. The standard InChI is InChI=1S/C24H31FN2O/c1-17-5-2-3-7-21(17)22-10-12-27(16-20(22)14-25)15-18-8-9-19-6-4-11-26-24(19)23(28)13-18/h2-7,11,18,20,22-23,28H,8-10,12-16H2,1H3/t18-,20+,22+,23+/m1/s1. The molecule has 1 aromatic heterocycles. The fourth-order valence-electron chi connectivity index (χ4n) is 5.24. The van der Waals surface area contributed by atoms with E-state index in [0.717, 1.165) is 51.0 Å². The monoisotopic (exact) mass is 382 g/mol. The molecule has 0 spiro atoms. The first-order valence-electron chi connectivity index (χ1n) is 10.6. The van der Waals surface area contributed by atoms with E-state index >= 15 is 0 Å². The lowest BCUT2D eigenvalue weighted by atomic mass is 9.79. The van der Waals surface area contributed by atoms with E-state index in [2.05, 4.69) is 47.1 Å². The number of nitrogens with zero attached hydrogens (tertiary/aromatic N) is 2. The molecule has 2 aliphatic rings. The summed E-state index contributed by atoms with van der Waals surface area (Å²) >= 11 is 0. The Morgan fingerprint density at radius 1 is 1.18 bits per heavy atom. The highest BCUT2D eigenvalue weighted by Gasteiger charge is 2.33. The van der Waals surface area contributed by atoms with Gasteiger partial charge in [0.05, 0.1) is 18.5 Å². The summed E-state index contributed by atoms with van der Waals surface area (Å²) in [4.78, 5) is 6.84. The van der Waals surface area contributed by atoms with Crippen molar-refractivity contribution < 1.29 is 9.50 Å². The van der Waals surface area contributed by atoms with Crippen LogP contribution >= 0.6 is 0 Å². The Bertz CT molecular complexity index is 796. The van der Waals surface area contributed by atoms with Crippen molar-refractivity contribution in [1.82, 2.24) is 9.88 Å². The van der Waals surface area contributed by atoms with Crippen LogP contribution in [0.4, 0.5) is 4.39 Å². The second kappa shape index (κ2) is 8.71. The number of pyridine rings is 1. The highest BCUT2D eigenvalue weighted by molar-refractivity contribution is 5.30. The van der Waals surface area contributed by atoms with E-state index < -0.39 is 6.10 Å². The molecule has 3 nitrogen and oxygen atoms in total. The zero-order chi connectivity index (χ0) is 19.5. The van der Waals surface area contributed by atoms with E-state index in [9.17, 15) is 9.50 Å². The topological polar surface area (TPSA) is 36.4 Å². The molecule has 4 rings (SSSR count). The van der Waals surface area contributed by atoms with Gasteiger partial charge in [-0.25, -0.2) is 0 Å². The van der Waals surface area contributed by atoms with E-state index in [4.69, 9.17) is 0 Å². The molecule has 4 heteroatoms. The Kier molecular flexibility index (Phi) is 6.07. The smallest absolute Gasteiger partial charge is 0.0965 e. The maximum Gasteiger partial charge on any atom is 0.0965 e. The van der Waals surface area contributed by atoms with Gasteiger partial charge >= 0.3 is 0 Å². The summed E-state index contributed by atoms with van der Waals surface area (Å²) in [5, 5.41) is 10.6. The van der Waals surface area contributed by atoms with Gasteiger partial charge < -0.3 is 10.0 Å². The minimum Gasteiger partial charge on any atom is -0.387 e. The molecule has 0 amide bonds. The van der Waals surface area contributed by atoms with Crippen LogP contribution in [0.15, 0.2) is 42.6 Å². The van der Waals surface area contributed by atoms with E-state index in [1.165, 1.54) is 16.7 Å². The number of aromatic nitrogens is 1. The molecule has 0 saturated carbocycles. The Morgan fingerprint density at radius 2 is 2.04 bits per heavy atom. The molecule has 2 heterocycles. The lowest BCUT2D eigenvalue weighted by Crippen LogP contribution is -2.43. The number of hydrogen-bond acceptors (Lipinski definition) is 3. The number of aryl methyl sites for hydroxylation is 2. The SMILES string of the molecule is Cc1ccccc1[C@H]1CCN(C[C@@H]2CCc3cccnc3[C@@H](O)C2)C[C@@H]1CF. The normalized spacial score (nSPS) is 28.5. The zero-order valence-corrected chi connectivity index (χ0v) is 16.7. The molecule has 28 heavy (non-hydrogen) atoms. The third-order valence-electron chi connectivity index (χ3n) is 6.74. The fourth-order valence-corrected chi connectivity index (χ4v) is 5.24. The van der Waals surface area contributed by atoms with Crippen molar-refractivity contribution in [1.29, 1.82) is 0 Å². The van der Waals surface area contributed by atoms with Gasteiger partial charge in [-0.3, -0.25) is 9.37 Å². The molecule has 1 aromatic carbocycles. The second-order valence-corrected chi connectivity index (χ2v) is 8.63. The predicted octanol–water partition coefficient (Wildman–Crippen LogP) is 4.45. The van der Waals surface area contributed by atoms with Gasteiger partial charge in [0, 0.05) is 25.2 Å². The van der Waals surface area contributed by atoms with Crippen molar-refractivity contribution in [2.24, 2.45) is 11.8 Å². The van der Waals surface area contributed by atoms with E-state index in [-0.39, 0.29) is 12.6 Å². The number of alkyl halides is 1. The first kappa shape index (κ1) is 19.5. The van der Waals surface area contributed by atoms with Crippen molar-refractivity contribution in [3.05, 3.63) is 65.0 Å². The van der Waals surface area contributed by atoms with Crippen molar-refractivity contribution >= 4 is 0 Å². The molecule has 1 aliphatic heterocycles. The minimum atomic E-state index is -0.481. The second-order valence-electron chi connectivity index (χ2n) is 8.63. The Balaban J connectivity index is 1.40. The molecule has 2 aromatic rings. The molecule has 150 valence electrons. The summed E-state index contributed by atoms with van der Waals surface area (Å²) in [6, 6.07) is 12.5. The number of rotatable bonds is 4. The summed E-state index contributed by atoms with van der Waals surface area (Å²) in [6.45, 7) is 4.64. The molecule has 1 N–H and O–H groups in total. The number of likely N-dealkylation sites (tertiary alicyclic amines) is 1. The van der Waals surface area contributed by atoms with Crippen LogP contribution in [0.2, 0.25) is 0 Å². The van der Waals surface area contributed by atoms with Crippen LogP contribution in [-0.2, 0) is 6.42 Å². The van der Waals surface area contributed by atoms with Gasteiger partial charge in [-0.15, -0.1) is 0 Å². The zero-order valence-electron chi connectivity index (χ0n) is 16.7. The summed E-state index contributed by atoms with van der Waals surface area (Å²) in [6.07, 6.45) is 5.08. The number of aliphatic hydroxyl groups is 1. The molecule has 4 atom stereocenters. The molecule has 1 aliphatic carbocycles. The van der Waals surface area contributed by atoms with Crippen molar-refractivity contribution in [3.63, 3.8) is 0 Å². The predicted molar refractivity (Wildman–Crippen MR) is 110 cm³/mol. The summed E-state index contributed by atoms with van der Waals surface area (Å²) in [5.41, 5.74) is 4.62. The molecular weight excluding hydrogens is 351 g/mol. The van der Waals surface area contributed by atoms with Gasteiger partial charge in [0.25, 0.3) is 0 Å². The molecule has 0 unspecified atom stereocenters. The number of aliphatic hydroxyl groups excluding tert-OH is 1. The average molecular weight is 383 g/mol. The van der Waals surface area contributed by atoms with Crippen LogP contribution < -0.4 is 0 Å². The Labute approximate surface area is 167 Å². The first-order chi connectivity index (χ1) is 13.7.